The predicted molar refractivity (Wildman–Crippen MR) is 77.6 cm³/mol. The number of nitrogens with zero attached hydrogens (tertiary/aromatic N) is 2. The SMILES string of the molecule is CC(=O)N1CCc2cc(S(=O)(=O)N3CC(C)(O)C3)ccc21. The van der Waals surface area contributed by atoms with Crippen molar-refractivity contribution in [3.05, 3.63) is 23.8 Å². The van der Waals surface area contributed by atoms with Gasteiger partial charge in [-0.25, -0.2) is 8.42 Å². The summed E-state index contributed by atoms with van der Waals surface area (Å²) in [4.78, 5) is 13.4. The number of anilines is 1. The number of aliphatic hydroxyl groups is 1. The molecule has 114 valence electrons. The molecule has 7 heteroatoms. The van der Waals surface area contributed by atoms with Gasteiger partial charge in [-0.3, -0.25) is 4.79 Å². The highest BCUT2D eigenvalue weighted by molar-refractivity contribution is 7.89. The predicted octanol–water partition coefficient (Wildman–Crippen LogP) is 0.351. The first-order valence-corrected chi connectivity index (χ1v) is 8.28. The highest BCUT2D eigenvalue weighted by atomic mass is 32.2. The number of hydrogen-bond donors (Lipinski definition) is 1. The van der Waals surface area contributed by atoms with Crippen LogP contribution >= 0.6 is 0 Å². The van der Waals surface area contributed by atoms with E-state index in [9.17, 15) is 18.3 Å². The van der Waals surface area contributed by atoms with Gasteiger partial charge in [0, 0.05) is 32.2 Å². The molecular formula is C14H18N2O4S. The van der Waals surface area contributed by atoms with Crippen molar-refractivity contribution >= 4 is 21.6 Å². The molecule has 0 aromatic heterocycles. The Balaban J connectivity index is 1.90. The average Bonchev–Trinajstić information content (AvgIpc) is 2.78. The summed E-state index contributed by atoms with van der Waals surface area (Å²) >= 11 is 0. The van der Waals surface area contributed by atoms with Crippen LogP contribution in [0.4, 0.5) is 5.69 Å². The quantitative estimate of drug-likeness (QED) is 0.855. The van der Waals surface area contributed by atoms with Gasteiger partial charge in [0.05, 0.1) is 10.5 Å². The molecule has 0 saturated carbocycles. The number of rotatable bonds is 2. The first kappa shape index (κ1) is 14.5. The van der Waals surface area contributed by atoms with E-state index >= 15 is 0 Å². The summed E-state index contributed by atoms with van der Waals surface area (Å²) in [6.07, 6.45) is 0.663. The summed E-state index contributed by atoms with van der Waals surface area (Å²) in [5, 5.41) is 9.69. The topological polar surface area (TPSA) is 77.9 Å². The first-order chi connectivity index (χ1) is 9.71. The zero-order valence-corrected chi connectivity index (χ0v) is 12.9. The summed E-state index contributed by atoms with van der Waals surface area (Å²) in [5.41, 5.74) is 0.727. The fraction of sp³-hybridized carbons (Fsp3) is 0.500. The van der Waals surface area contributed by atoms with E-state index in [1.807, 2.05) is 0 Å². The van der Waals surface area contributed by atoms with E-state index in [4.69, 9.17) is 0 Å². The lowest BCUT2D eigenvalue weighted by atomic mass is 10.0. The van der Waals surface area contributed by atoms with Crippen LogP contribution < -0.4 is 4.90 Å². The third-order valence-corrected chi connectivity index (χ3v) is 5.79. The zero-order valence-electron chi connectivity index (χ0n) is 12.0. The molecule has 21 heavy (non-hydrogen) atoms. The number of hydrogen-bond acceptors (Lipinski definition) is 4. The molecule has 6 nitrogen and oxygen atoms in total. The second kappa shape index (κ2) is 4.53. The van der Waals surface area contributed by atoms with Crippen molar-refractivity contribution in [1.82, 2.24) is 4.31 Å². The molecule has 1 amide bonds. The van der Waals surface area contributed by atoms with E-state index in [-0.39, 0.29) is 23.9 Å². The number of carbonyl (C=O) groups is 1. The Kier molecular flexibility index (Phi) is 3.12. The zero-order chi connectivity index (χ0) is 15.4. The number of sulfonamides is 1. The van der Waals surface area contributed by atoms with Gasteiger partial charge in [0.15, 0.2) is 0 Å². The van der Waals surface area contributed by atoms with E-state index in [1.54, 1.807) is 24.0 Å². The second-order valence-electron chi connectivity index (χ2n) is 5.98. The minimum Gasteiger partial charge on any atom is -0.387 e. The Hall–Kier alpha value is -1.44. The largest absolute Gasteiger partial charge is 0.387 e. The van der Waals surface area contributed by atoms with Crippen molar-refractivity contribution in [2.45, 2.75) is 30.8 Å². The average molecular weight is 310 g/mol. The third-order valence-electron chi connectivity index (χ3n) is 4.00. The normalized spacial score (nSPS) is 21.0. The van der Waals surface area contributed by atoms with Gasteiger partial charge in [0.25, 0.3) is 0 Å². The summed E-state index contributed by atoms with van der Waals surface area (Å²) in [6.45, 7) is 3.94. The molecule has 0 unspecified atom stereocenters. The van der Waals surface area contributed by atoms with Crippen molar-refractivity contribution in [3.63, 3.8) is 0 Å². The molecule has 2 aliphatic heterocycles. The van der Waals surface area contributed by atoms with Gasteiger partial charge in [-0.05, 0) is 37.1 Å². The van der Waals surface area contributed by atoms with Crippen LogP contribution in [0.1, 0.15) is 19.4 Å². The lowest BCUT2D eigenvalue weighted by Gasteiger charge is -2.42. The number of carbonyl (C=O) groups excluding carboxylic acids is 1. The lowest BCUT2D eigenvalue weighted by molar-refractivity contribution is -0.116. The van der Waals surface area contributed by atoms with Crippen LogP contribution in [0.3, 0.4) is 0 Å². The van der Waals surface area contributed by atoms with Gasteiger partial charge in [-0.15, -0.1) is 0 Å². The Morgan fingerprint density at radius 1 is 1.33 bits per heavy atom. The number of benzene rings is 1. The third kappa shape index (κ3) is 2.35. The van der Waals surface area contributed by atoms with E-state index in [2.05, 4.69) is 0 Å². The number of fused-ring (bicyclic) bond motifs is 1. The number of amides is 1. The van der Waals surface area contributed by atoms with Crippen molar-refractivity contribution in [1.29, 1.82) is 0 Å². The summed E-state index contributed by atoms with van der Waals surface area (Å²) in [7, 11) is -3.56. The minimum atomic E-state index is -3.56. The highest BCUT2D eigenvalue weighted by Gasteiger charge is 2.44. The fourth-order valence-electron chi connectivity index (χ4n) is 2.90. The highest BCUT2D eigenvalue weighted by Crippen LogP contribution is 2.33. The van der Waals surface area contributed by atoms with Crippen LogP contribution in [0, 0.1) is 0 Å². The van der Waals surface area contributed by atoms with Gasteiger partial charge < -0.3 is 10.0 Å². The standard InChI is InChI=1S/C14H18N2O4S/c1-10(17)16-6-5-11-7-12(3-4-13(11)16)21(19,20)15-8-14(2,18)9-15/h3-4,7,18H,5-6,8-9H2,1-2H3. The second-order valence-corrected chi connectivity index (χ2v) is 7.92. The maximum absolute atomic E-state index is 12.5. The molecule has 1 fully saturated rings. The van der Waals surface area contributed by atoms with E-state index in [0.29, 0.717) is 13.0 Å². The van der Waals surface area contributed by atoms with E-state index in [1.165, 1.54) is 17.3 Å². The lowest BCUT2D eigenvalue weighted by Crippen LogP contribution is -2.61. The van der Waals surface area contributed by atoms with Crippen molar-refractivity contribution < 1.29 is 18.3 Å². The van der Waals surface area contributed by atoms with Crippen LogP contribution in [-0.2, 0) is 21.2 Å². The summed E-state index contributed by atoms with van der Waals surface area (Å²) < 4.78 is 26.2. The van der Waals surface area contributed by atoms with Crippen molar-refractivity contribution in [2.24, 2.45) is 0 Å². The molecule has 0 aliphatic carbocycles. The molecule has 0 radical (unpaired) electrons. The van der Waals surface area contributed by atoms with Crippen LogP contribution in [0.5, 0.6) is 0 Å². The molecular weight excluding hydrogens is 292 g/mol. The molecule has 1 N–H and O–H groups in total. The van der Waals surface area contributed by atoms with Crippen LogP contribution in [-0.4, -0.2) is 49.0 Å². The van der Waals surface area contributed by atoms with Crippen LogP contribution in [0.2, 0.25) is 0 Å². The maximum Gasteiger partial charge on any atom is 0.243 e. The Labute approximate surface area is 124 Å². The van der Waals surface area contributed by atoms with Gasteiger partial charge >= 0.3 is 0 Å². The molecule has 1 aromatic carbocycles. The first-order valence-electron chi connectivity index (χ1n) is 6.84. The minimum absolute atomic E-state index is 0.0388. The molecule has 0 atom stereocenters. The van der Waals surface area contributed by atoms with Gasteiger partial charge in [-0.1, -0.05) is 0 Å². The molecule has 0 bridgehead atoms. The molecule has 2 heterocycles. The fourth-order valence-corrected chi connectivity index (χ4v) is 4.62. The van der Waals surface area contributed by atoms with Gasteiger partial charge in [0.1, 0.15) is 0 Å². The van der Waals surface area contributed by atoms with E-state index < -0.39 is 15.6 Å². The summed E-state index contributed by atoms with van der Waals surface area (Å²) in [5.74, 6) is -0.0388. The van der Waals surface area contributed by atoms with Crippen molar-refractivity contribution in [3.8, 4) is 0 Å². The maximum atomic E-state index is 12.5. The Morgan fingerprint density at radius 3 is 2.57 bits per heavy atom. The van der Waals surface area contributed by atoms with Crippen LogP contribution in [0.25, 0.3) is 0 Å². The van der Waals surface area contributed by atoms with E-state index in [0.717, 1.165) is 11.3 Å². The molecule has 1 saturated heterocycles. The number of β-amino-alcohol motifs (C(OH)–C–C–N with tert-alkyl or cyclic N) is 1. The molecule has 3 rings (SSSR count). The monoisotopic (exact) mass is 310 g/mol. The Bertz CT molecular complexity index is 704. The van der Waals surface area contributed by atoms with Gasteiger partial charge in [0.2, 0.25) is 15.9 Å². The molecule has 0 spiro atoms. The molecule has 1 aromatic rings. The van der Waals surface area contributed by atoms with Gasteiger partial charge in [-0.2, -0.15) is 4.31 Å². The summed E-state index contributed by atoms with van der Waals surface area (Å²) in [6, 6.07) is 4.86. The molecule has 2 aliphatic rings. The van der Waals surface area contributed by atoms with Crippen LogP contribution in [0.15, 0.2) is 23.1 Å². The smallest absolute Gasteiger partial charge is 0.243 e. The van der Waals surface area contributed by atoms with Crippen molar-refractivity contribution in [2.75, 3.05) is 24.5 Å². The Morgan fingerprint density at radius 2 is 2.00 bits per heavy atom.